The van der Waals surface area contributed by atoms with Crippen molar-refractivity contribution >= 4 is 60.2 Å². The molecule has 0 bridgehead atoms. The number of methoxy groups -OCH3 is 1. The van der Waals surface area contributed by atoms with Crippen molar-refractivity contribution in [1.82, 2.24) is 0 Å². The highest BCUT2D eigenvalue weighted by molar-refractivity contribution is 14.1. The summed E-state index contributed by atoms with van der Waals surface area (Å²) < 4.78 is 33.1. The third-order valence-corrected chi connectivity index (χ3v) is 5.99. The van der Waals surface area contributed by atoms with Crippen molar-refractivity contribution < 1.29 is 17.9 Å². The number of esters is 1. The van der Waals surface area contributed by atoms with Crippen LogP contribution in [0.3, 0.4) is 0 Å². The number of sulfonamides is 1. The average molecular weight is 510 g/mol. The van der Waals surface area contributed by atoms with Gasteiger partial charge in [0.2, 0.25) is 0 Å². The van der Waals surface area contributed by atoms with Crippen molar-refractivity contribution in [2.24, 2.45) is 0 Å². The number of benzene rings is 2. The Labute approximate surface area is 157 Å². The lowest BCUT2D eigenvalue weighted by molar-refractivity contribution is -0.138. The lowest BCUT2D eigenvalue weighted by atomic mass is 10.3. The molecule has 0 saturated carbocycles. The van der Waals surface area contributed by atoms with Gasteiger partial charge >= 0.3 is 5.97 Å². The third kappa shape index (κ3) is 4.45. The first-order valence-corrected chi connectivity index (χ1v) is 9.76. The highest BCUT2D eigenvalue weighted by Crippen LogP contribution is 2.26. The van der Waals surface area contributed by atoms with Crippen molar-refractivity contribution in [2.75, 3.05) is 18.0 Å². The van der Waals surface area contributed by atoms with Crippen molar-refractivity contribution in [1.29, 1.82) is 0 Å². The van der Waals surface area contributed by atoms with Crippen LogP contribution in [0.25, 0.3) is 0 Å². The van der Waals surface area contributed by atoms with Crippen LogP contribution in [0.15, 0.2) is 57.9 Å². The quantitative estimate of drug-likeness (QED) is 0.457. The monoisotopic (exact) mass is 509 g/mol. The molecule has 0 unspecified atom stereocenters. The molecule has 0 aliphatic heterocycles. The molecule has 0 aliphatic carbocycles. The van der Waals surface area contributed by atoms with Crippen molar-refractivity contribution in [3.63, 3.8) is 0 Å². The first kappa shape index (κ1) is 18.2. The van der Waals surface area contributed by atoms with Gasteiger partial charge in [0, 0.05) is 8.04 Å². The Balaban J connectivity index is 2.51. The van der Waals surface area contributed by atoms with Gasteiger partial charge in [-0.05, 0) is 65.1 Å². The summed E-state index contributed by atoms with van der Waals surface area (Å²) in [6, 6.07) is 13.2. The van der Waals surface area contributed by atoms with Gasteiger partial charge in [0.25, 0.3) is 10.0 Å². The van der Waals surface area contributed by atoms with Crippen LogP contribution in [-0.4, -0.2) is 28.0 Å². The van der Waals surface area contributed by atoms with Gasteiger partial charge in [0.1, 0.15) is 6.54 Å². The lowest BCUT2D eigenvalue weighted by Crippen LogP contribution is -2.36. The van der Waals surface area contributed by atoms with Gasteiger partial charge < -0.3 is 4.74 Å². The number of carbonyl (C=O) groups excluding carboxylic acids is 1. The molecular formula is C15H13BrINO4S. The zero-order valence-electron chi connectivity index (χ0n) is 12.1. The van der Waals surface area contributed by atoms with Crippen LogP contribution in [0.1, 0.15) is 0 Å². The number of halogens is 2. The highest BCUT2D eigenvalue weighted by atomic mass is 127. The molecule has 0 aliphatic rings. The van der Waals surface area contributed by atoms with E-state index in [1.807, 2.05) is 6.07 Å². The molecule has 2 rings (SSSR count). The molecule has 0 spiro atoms. The first-order chi connectivity index (χ1) is 10.8. The minimum Gasteiger partial charge on any atom is -0.468 e. The predicted molar refractivity (Wildman–Crippen MR) is 99.8 cm³/mol. The van der Waals surface area contributed by atoms with E-state index in [4.69, 9.17) is 0 Å². The molecule has 0 saturated heterocycles. The van der Waals surface area contributed by atoms with E-state index in [1.165, 1.54) is 19.2 Å². The Kier molecular flexibility index (Phi) is 6.04. The summed E-state index contributed by atoms with van der Waals surface area (Å²) in [5.74, 6) is -0.635. The molecule has 23 heavy (non-hydrogen) atoms. The summed E-state index contributed by atoms with van der Waals surface area (Å²) in [6.45, 7) is -0.394. The molecule has 0 fully saturated rings. The maximum atomic E-state index is 12.9. The molecule has 0 amide bonds. The zero-order valence-corrected chi connectivity index (χ0v) is 16.6. The van der Waals surface area contributed by atoms with Gasteiger partial charge in [-0.25, -0.2) is 8.42 Å². The summed E-state index contributed by atoms with van der Waals surface area (Å²) >= 11 is 5.36. The summed E-state index contributed by atoms with van der Waals surface area (Å²) in [7, 11) is -2.66. The molecule has 5 nitrogen and oxygen atoms in total. The van der Waals surface area contributed by atoms with E-state index < -0.39 is 22.5 Å². The fraction of sp³-hybridized carbons (Fsp3) is 0.133. The Morgan fingerprint density at radius 2 is 1.87 bits per heavy atom. The van der Waals surface area contributed by atoms with Gasteiger partial charge in [0.05, 0.1) is 17.7 Å². The van der Waals surface area contributed by atoms with Crippen LogP contribution in [-0.2, 0) is 19.6 Å². The van der Waals surface area contributed by atoms with Gasteiger partial charge in [-0.15, -0.1) is 0 Å². The minimum atomic E-state index is -3.88. The van der Waals surface area contributed by atoms with E-state index in [0.717, 1.165) is 12.3 Å². The Hall–Kier alpha value is -1.13. The average Bonchev–Trinajstić information content (AvgIpc) is 2.52. The second-order valence-electron chi connectivity index (χ2n) is 4.52. The van der Waals surface area contributed by atoms with E-state index in [1.54, 1.807) is 30.3 Å². The first-order valence-electron chi connectivity index (χ1n) is 6.45. The molecule has 0 heterocycles. The SMILES string of the molecule is COC(=O)CN(c1cccc(I)c1)S(=O)(=O)c1ccc(Br)cc1. The number of hydrogen-bond acceptors (Lipinski definition) is 4. The second-order valence-corrected chi connectivity index (χ2v) is 8.55. The fourth-order valence-corrected chi connectivity index (χ4v) is 4.05. The lowest BCUT2D eigenvalue weighted by Gasteiger charge is -2.23. The number of hydrogen-bond donors (Lipinski definition) is 0. The minimum absolute atomic E-state index is 0.100. The topological polar surface area (TPSA) is 63.7 Å². The third-order valence-electron chi connectivity index (χ3n) is 3.00. The molecule has 0 N–H and O–H groups in total. The van der Waals surface area contributed by atoms with Gasteiger partial charge in [0.15, 0.2) is 0 Å². The van der Waals surface area contributed by atoms with Crippen LogP contribution in [0.5, 0.6) is 0 Å². The van der Waals surface area contributed by atoms with E-state index in [9.17, 15) is 13.2 Å². The van der Waals surface area contributed by atoms with Crippen LogP contribution in [0, 0.1) is 3.57 Å². The summed E-state index contributed by atoms with van der Waals surface area (Å²) in [6.07, 6.45) is 0. The normalized spacial score (nSPS) is 11.1. The number of rotatable bonds is 5. The Morgan fingerprint density at radius 3 is 2.43 bits per heavy atom. The predicted octanol–water partition coefficient (Wildman–Crippen LogP) is 3.42. The number of nitrogens with zero attached hydrogens (tertiary/aromatic N) is 1. The maximum Gasteiger partial charge on any atom is 0.326 e. The maximum absolute atomic E-state index is 12.9. The van der Waals surface area contributed by atoms with Crippen LogP contribution < -0.4 is 4.31 Å². The standard InChI is InChI=1S/C15H13BrINO4S/c1-22-15(19)10-18(13-4-2-3-12(17)9-13)23(20,21)14-7-5-11(16)6-8-14/h2-9H,10H2,1H3. The van der Waals surface area contributed by atoms with E-state index in [-0.39, 0.29) is 4.90 Å². The highest BCUT2D eigenvalue weighted by Gasteiger charge is 2.27. The van der Waals surface area contributed by atoms with Crippen molar-refractivity contribution in [3.8, 4) is 0 Å². The molecule has 0 radical (unpaired) electrons. The summed E-state index contributed by atoms with van der Waals surface area (Å²) in [5.41, 5.74) is 0.408. The van der Waals surface area contributed by atoms with E-state index in [2.05, 4.69) is 43.3 Å². The van der Waals surface area contributed by atoms with Gasteiger partial charge in [-0.1, -0.05) is 22.0 Å². The smallest absolute Gasteiger partial charge is 0.326 e. The van der Waals surface area contributed by atoms with E-state index in [0.29, 0.717) is 5.69 Å². The van der Waals surface area contributed by atoms with Crippen molar-refractivity contribution in [3.05, 3.63) is 56.6 Å². The molecule has 122 valence electrons. The Bertz CT molecular complexity index is 808. The number of anilines is 1. The molecule has 2 aromatic carbocycles. The fourth-order valence-electron chi connectivity index (χ4n) is 1.86. The second kappa shape index (κ2) is 7.63. The van der Waals surface area contributed by atoms with Gasteiger partial charge in [-0.3, -0.25) is 9.10 Å². The van der Waals surface area contributed by atoms with Crippen LogP contribution >= 0.6 is 38.5 Å². The molecule has 8 heteroatoms. The van der Waals surface area contributed by atoms with Crippen LogP contribution in [0.4, 0.5) is 5.69 Å². The molecule has 0 aromatic heterocycles. The number of carbonyl (C=O) groups is 1. The molecular weight excluding hydrogens is 497 g/mol. The van der Waals surface area contributed by atoms with Crippen LogP contribution in [0.2, 0.25) is 0 Å². The Morgan fingerprint density at radius 1 is 1.22 bits per heavy atom. The number of ether oxygens (including phenoxy) is 1. The summed E-state index contributed by atoms with van der Waals surface area (Å²) in [4.78, 5) is 11.8. The zero-order chi connectivity index (χ0) is 17.0. The molecule has 2 aromatic rings. The van der Waals surface area contributed by atoms with Gasteiger partial charge in [-0.2, -0.15) is 0 Å². The summed E-state index contributed by atoms with van der Waals surface area (Å²) in [5, 5.41) is 0. The van der Waals surface area contributed by atoms with Crippen molar-refractivity contribution in [2.45, 2.75) is 4.90 Å². The van der Waals surface area contributed by atoms with E-state index >= 15 is 0 Å². The molecule has 0 atom stereocenters. The largest absolute Gasteiger partial charge is 0.468 e.